The van der Waals surface area contributed by atoms with Crippen molar-refractivity contribution < 1.29 is 13.2 Å². The summed E-state index contributed by atoms with van der Waals surface area (Å²) >= 11 is 0. The van der Waals surface area contributed by atoms with Crippen LogP contribution in [-0.2, 0) is 6.18 Å². The van der Waals surface area contributed by atoms with Crippen LogP contribution in [0.15, 0.2) is 42.5 Å². The van der Waals surface area contributed by atoms with E-state index in [1.807, 2.05) is 12.1 Å². The fraction of sp³-hybridized carbons (Fsp3) is 0.333. The fourth-order valence-corrected chi connectivity index (χ4v) is 2.63. The van der Waals surface area contributed by atoms with Crippen molar-refractivity contribution >= 4 is 0 Å². The number of halogens is 3. The SMILES string of the molecule is CCC(C)c1c(C)cccc1-c1ccc(C(F)(F)F)cc1. The van der Waals surface area contributed by atoms with Crippen LogP contribution in [0.25, 0.3) is 11.1 Å². The number of rotatable bonds is 3. The summed E-state index contributed by atoms with van der Waals surface area (Å²) in [6.07, 6.45) is -3.29. The summed E-state index contributed by atoms with van der Waals surface area (Å²) in [5, 5.41) is 0. The highest BCUT2D eigenvalue weighted by atomic mass is 19.4. The Hall–Kier alpha value is -1.77. The molecule has 2 rings (SSSR count). The zero-order valence-corrected chi connectivity index (χ0v) is 12.5. The lowest BCUT2D eigenvalue weighted by molar-refractivity contribution is -0.137. The molecule has 0 aromatic heterocycles. The number of hydrogen-bond donors (Lipinski definition) is 0. The molecule has 0 aliphatic carbocycles. The first-order valence-electron chi connectivity index (χ1n) is 7.11. The van der Waals surface area contributed by atoms with Crippen LogP contribution in [0.4, 0.5) is 13.2 Å². The third-order valence-corrected chi connectivity index (χ3v) is 3.95. The first kappa shape index (κ1) is 15.6. The van der Waals surface area contributed by atoms with Crippen molar-refractivity contribution in [1.29, 1.82) is 0 Å². The first-order valence-corrected chi connectivity index (χ1v) is 7.11. The summed E-state index contributed by atoms with van der Waals surface area (Å²) in [7, 11) is 0. The topological polar surface area (TPSA) is 0 Å². The molecule has 0 radical (unpaired) electrons. The van der Waals surface area contributed by atoms with E-state index >= 15 is 0 Å². The zero-order chi connectivity index (χ0) is 15.6. The highest BCUT2D eigenvalue weighted by Gasteiger charge is 2.30. The maximum Gasteiger partial charge on any atom is 0.416 e. The number of hydrogen-bond acceptors (Lipinski definition) is 0. The normalized spacial score (nSPS) is 13.2. The minimum absolute atomic E-state index is 0.378. The third kappa shape index (κ3) is 3.29. The van der Waals surface area contributed by atoms with Crippen LogP contribution in [-0.4, -0.2) is 0 Å². The van der Waals surface area contributed by atoms with Gasteiger partial charge in [0.1, 0.15) is 0 Å². The molecule has 0 aliphatic heterocycles. The van der Waals surface area contributed by atoms with Gasteiger partial charge in [-0.1, -0.05) is 44.2 Å². The van der Waals surface area contributed by atoms with Crippen molar-refractivity contribution in [3.05, 3.63) is 59.2 Å². The maximum absolute atomic E-state index is 12.6. The van der Waals surface area contributed by atoms with Crippen LogP contribution >= 0.6 is 0 Å². The standard InChI is InChI=1S/C18H19F3/c1-4-12(2)17-13(3)6-5-7-16(17)14-8-10-15(11-9-14)18(19,20)21/h5-12H,4H2,1-3H3. The Bertz CT molecular complexity index is 609. The van der Waals surface area contributed by atoms with E-state index in [-0.39, 0.29) is 0 Å². The van der Waals surface area contributed by atoms with E-state index in [9.17, 15) is 13.2 Å². The van der Waals surface area contributed by atoms with Gasteiger partial charge in [-0.2, -0.15) is 13.2 Å². The second kappa shape index (κ2) is 5.92. The fourth-order valence-electron chi connectivity index (χ4n) is 2.63. The monoisotopic (exact) mass is 292 g/mol. The van der Waals surface area contributed by atoms with Gasteiger partial charge in [-0.3, -0.25) is 0 Å². The summed E-state index contributed by atoms with van der Waals surface area (Å²) < 4.78 is 37.9. The lowest BCUT2D eigenvalue weighted by Gasteiger charge is -2.18. The van der Waals surface area contributed by atoms with Crippen molar-refractivity contribution in [3.63, 3.8) is 0 Å². The number of aryl methyl sites for hydroxylation is 1. The highest BCUT2D eigenvalue weighted by Crippen LogP contribution is 2.35. The van der Waals surface area contributed by atoms with Crippen LogP contribution < -0.4 is 0 Å². The van der Waals surface area contributed by atoms with E-state index in [4.69, 9.17) is 0 Å². The Morgan fingerprint density at radius 3 is 2.14 bits per heavy atom. The molecule has 2 aromatic rings. The van der Waals surface area contributed by atoms with E-state index < -0.39 is 11.7 Å². The van der Waals surface area contributed by atoms with Crippen LogP contribution in [0.1, 0.15) is 42.9 Å². The van der Waals surface area contributed by atoms with Crippen molar-refractivity contribution in [3.8, 4) is 11.1 Å². The maximum atomic E-state index is 12.6. The van der Waals surface area contributed by atoms with Crippen molar-refractivity contribution in [1.82, 2.24) is 0 Å². The van der Waals surface area contributed by atoms with Gasteiger partial charge in [0.25, 0.3) is 0 Å². The number of alkyl halides is 3. The molecule has 0 saturated heterocycles. The first-order chi connectivity index (χ1) is 9.84. The van der Waals surface area contributed by atoms with Gasteiger partial charge in [-0.25, -0.2) is 0 Å². The molecule has 0 aliphatic rings. The van der Waals surface area contributed by atoms with Gasteiger partial charge in [0.05, 0.1) is 5.56 Å². The minimum atomic E-state index is -4.29. The summed E-state index contributed by atoms with van der Waals surface area (Å²) in [5.41, 5.74) is 3.66. The second-order valence-corrected chi connectivity index (χ2v) is 5.42. The Morgan fingerprint density at radius 1 is 1.00 bits per heavy atom. The molecule has 0 amide bonds. The Balaban J connectivity index is 2.50. The Labute approximate surface area is 123 Å². The third-order valence-electron chi connectivity index (χ3n) is 3.95. The molecule has 0 saturated carbocycles. The summed E-state index contributed by atoms with van der Waals surface area (Å²) in [6, 6.07) is 11.4. The molecule has 0 N–H and O–H groups in total. The molecule has 0 fully saturated rings. The van der Waals surface area contributed by atoms with E-state index in [0.717, 1.165) is 29.7 Å². The van der Waals surface area contributed by atoms with Crippen molar-refractivity contribution in [2.75, 3.05) is 0 Å². The van der Waals surface area contributed by atoms with Gasteiger partial charge in [0.2, 0.25) is 0 Å². The summed E-state index contributed by atoms with van der Waals surface area (Å²) in [6.45, 7) is 6.32. The molecule has 1 unspecified atom stereocenters. The van der Waals surface area contributed by atoms with E-state index in [1.54, 1.807) is 12.1 Å². The minimum Gasteiger partial charge on any atom is -0.166 e. The molecule has 3 heteroatoms. The van der Waals surface area contributed by atoms with E-state index in [0.29, 0.717) is 5.92 Å². The average molecular weight is 292 g/mol. The predicted octanol–water partition coefficient (Wildman–Crippen LogP) is 6.19. The largest absolute Gasteiger partial charge is 0.416 e. The van der Waals surface area contributed by atoms with Crippen molar-refractivity contribution in [2.24, 2.45) is 0 Å². The molecule has 0 spiro atoms. The molecule has 112 valence electrons. The Morgan fingerprint density at radius 2 is 1.62 bits per heavy atom. The van der Waals surface area contributed by atoms with Gasteiger partial charge >= 0.3 is 6.18 Å². The van der Waals surface area contributed by atoms with Gasteiger partial charge in [-0.15, -0.1) is 0 Å². The van der Waals surface area contributed by atoms with Crippen LogP contribution in [0.3, 0.4) is 0 Å². The van der Waals surface area contributed by atoms with E-state index in [2.05, 4.69) is 26.8 Å². The summed E-state index contributed by atoms with van der Waals surface area (Å²) in [4.78, 5) is 0. The molecule has 2 aromatic carbocycles. The molecule has 1 atom stereocenters. The molecule has 21 heavy (non-hydrogen) atoms. The van der Waals surface area contributed by atoms with Gasteiger partial charge in [-0.05, 0) is 53.6 Å². The molecule has 0 heterocycles. The van der Waals surface area contributed by atoms with Crippen LogP contribution in [0.5, 0.6) is 0 Å². The molecular formula is C18H19F3. The molecule has 0 nitrogen and oxygen atoms in total. The van der Waals surface area contributed by atoms with Gasteiger partial charge in [0.15, 0.2) is 0 Å². The molecular weight excluding hydrogens is 273 g/mol. The second-order valence-electron chi connectivity index (χ2n) is 5.42. The summed E-state index contributed by atoms with van der Waals surface area (Å²) in [5.74, 6) is 0.378. The van der Waals surface area contributed by atoms with Crippen LogP contribution in [0, 0.1) is 6.92 Å². The lowest BCUT2D eigenvalue weighted by atomic mass is 9.87. The van der Waals surface area contributed by atoms with Gasteiger partial charge in [0, 0.05) is 0 Å². The predicted molar refractivity (Wildman–Crippen MR) is 80.3 cm³/mol. The van der Waals surface area contributed by atoms with Crippen LogP contribution in [0.2, 0.25) is 0 Å². The highest BCUT2D eigenvalue weighted by molar-refractivity contribution is 5.69. The smallest absolute Gasteiger partial charge is 0.166 e. The van der Waals surface area contributed by atoms with Gasteiger partial charge < -0.3 is 0 Å². The average Bonchev–Trinajstić information content (AvgIpc) is 2.45. The number of benzene rings is 2. The quantitative estimate of drug-likeness (QED) is 0.632. The Kier molecular flexibility index (Phi) is 4.40. The molecule has 0 bridgehead atoms. The lowest BCUT2D eigenvalue weighted by Crippen LogP contribution is -2.04. The zero-order valence-electron chi connectivity index (χ0n) is 12.5. The van der Waals surface area contributed by atoms with Crippen molar-refractivity contribution in [2.45, 2.75) is 39.3 Å². The van der Waals surface area contributed by atoms with E-state index in [1.165, 1.54) is 11.1 Å².